The Hall–Kier alpha value is -1.65. The Morgan fingerprint density at radius 2 is 2.00 bits per heavy atom. The zero-order valence-corrected chi connectivity index (χ0v) is 11.0. The van der Waals surface area contributed by atoms with Gasteiger partial charge in [0.25, 0.3) is 5.91 Å². The van der Waals surface area contributed by atoms with Gasteiger partial charge in [0, 0.05) is 16.7 Å². The second-order valence-corrected chi connectivity index (χ2v) is 4.44. The number of aryl methyl sites for hydroxylation is 1. The van der Waals surface area contributed by atoms with Crippen LogP contribution < -0.4 is 5.32 Å². The summed E-state index contributed by atoms with van der Waals surface area (Å²) < 4.78 is 0. The predicted octanol–water partition coefficient (Wildman–Crippen LogP) is 3.34. The first-order valence-corrected chi connectivity index (χ1v) is 5.87. The van der Waals surface area contributed by atoms with E-state index in [0.29, 0.717) is 16.4 Å². The third-order valence-corrected chi connectivity index (χ3v) is 2.93. The average molecular weight is 282 g/mol. The first-order chi connectivity index (χ1) is 8.56. The van der Waals surface area contributed by atoms with E-state index in [2.05, 4.69) is 15.3 Å². The number of benzene rings is 1. The molecule has 0 bridgehead atoms. The molecular formula is C12H9Cl2N3O. The highest BCUT2D eigenvalue weighted by Crippen LogP contribution is 2.17. The number of anilines is 1. The van der Waals surface area contributed by atoms with Crippen molar-refractivity contribution in [1.29, 1.82) is 0 Å². The van der Waals surface area contributed by atoms with Crippen LogP contribution in [0.25, 0.3) is 0 Å². The fourth-order valence-electron chi connectivity index (χ4n) is 1.38. The molecule has 0 aliphatic carbocycles. The first-order valence-electron chi connectivity index (χ1n) is 5.11. The Morgan fingerprint density at radius 1 is 1.22 bits per heavy atom. The van der Waals surface area contributed by atoms with Gasteiger partial charge in [-0.15, -0.1) is 0 Å². The van der Waals surface area contributed by atoms with E-state index in [1.54, 1.807) is 18.2 Å². The van der Waals surface area contributed by atoms with Gasteiger partial charge in [0.2, 0.25) is 0 Å². The molecule has 1 aromatic heterocycles. The van der Waals surface area contributed by atoms with E-state index in [-0.39, 0.29) is 11.1 Å². The molecule has 1 aromatic carbocycles. The standard InChI is InChI=1S/C12H9Cl2N3O/c1-7-4-8(2-3-9(7)13)12(18)17-11-5-10(14)15-6-16-11/h2-6H,1H3,(H,15,16,17,18). The molecule has 0 fully saturated rings. The highest BCUT2D eigenvalue weighted by atomic mass is 35.5. The normalized spacial score (nSPS) is 10.2. The van der Waals surface area contributed by atoms with Crippen molar-refractivity contribution in [2.45, 2.75) is 6.92 Å². The number of halogens is 2. The highest BCUT2D eigenvalue weighted by Gasteiger charge is 2.08. The highest BCUT2D eigenvalue weighted by molar-refractivity contribution is 6.31. The SMILES string of the molecule is Cc1cc(C(=O)Nc2cc(Cl)ncn2)ccc1Cl. The van der Waals surface area contributed by atoms with Crippen LogP contribution in [0, 0.1) is 6.92 Å². The molecule has 18 heavy (non-hydrogen) atoms. The number of rotatable bonds is 2. The lowest BCUT2D eigenvalue weighted by Crippen LogP contribution is -2.13. The van der Waals surface area contributed by atoms with Gasteiger partial charge in [0.15, 0.2) is 0 Å². The van der Waals surface area contributed by atoms with Crippen molar-refractivity contribution in [3.63, 3.8) is 0 Å². The van der Waals surface area contributed by atoms with Crippen LogP contribution in [0.15, 0.2) is 30.6 Å². The largest absolute Gasteiger partial charge is 0.306 e. The maximum atomic E-state index is 11.9. The molecule has 6 heteroatoms. The van der Waals surface area contributed by atoms with Crippen molar-refractivity contribution < 1.29 is 4.79 Å². The van der Waals surface area contributed by atoms with E-state index in [1.165, 1.54) is 12.4 Å². The summed E-state index contributed by atoms with van der Waals surface area (Å²) in [6.07, 6.45) is 1.28. The summed E-state index contributed by atoms with van der Waals surface area (Å²) in [7, 11) is 0. The maximum Gasteiger partial charge on any atom is 0.256 e. The van der Waals surface area contributed by atoms with Gasteiger partial charge in [-0.3, -0.25) is 4.79 Å². The van der Waals surface area contributed by atoms with Gasteiger partial charge in [-0.1, -0.05) is 23.2 Å². The minimum Gasteiger partial charge on any atom is -0.306 e. The monoisotopic (exact) mass is 281 g/mol. The van der Waals surface area contributed by atoms with Crippen LogP contribution >= 0.6 is 23.2 Å². The van der Waals surface area contributed by atoms with Crippen molar-refractivity contribution in [2.75, 3.05) is 5.32 Å². The van der Waals surface area contributed by atoms with E-state index in [4.69, 9.17) is 23.2 Å². The van der Waals surface area contributed by atoms with Gasteiger partial charge >= 0.3 is 0 Å². The number of nitrogens with one attached hydrogen (secondary N) is 1. The van der Waals surface area contributed by atoms with Crippen LogP contribution in [0.5, 0.6) is 0 Å². The summed E-state index contributed by atoms with van der Waals surface area (Å²) in [5.41, 5.74) is 1.34. The van der Waals surface area contributed by atoms with Crippen molar-refractivity contribution in [2.24, 2.45) is 0 Å². The number of hydrogen-bond donors (Lipinski definition) is 1. The lowest BCUT2D eigenvalue weighted by molar-refractivity contribution is 0.102. The zero-order chi connectivity index (χ0) is 13.1. The number of carbonyl (C=O) groups excluding carboxylic acids is 1. The molecular weight excluding hydrogens is 273 g/mol. The van der Waals surface area contributed by atoms with Gasteiger partial charge < -0.3 is 5.32 Å². The van der Waals surface area contributed by atoms with E-state index >= 15 is 0 Å². The number of hydrogen-bond acceptors (Lipinski definition) is 3. The fraction of sp³-hybridized carbons (Fsp3) is 0.0833. The summed E-state index contributed by atoms with van der Waals surface area (Å²) in [5, 5.41) is 3.52. The molecule has 2 rings (SSSR count). The third-order valence-electron chi connectivity index (χ3n) is 2.30. The van der Waals surface area contributed by atoms with E-state index in [9.17, 15) is 4.79 Å². The molecule has 2 aromatic rings. The molecule has 0 spiro atoms. The second-order valence-electron chi connectivity index (χ2n) is 3.64. The van der Waals surface area contributed by atoms with E-state index in [1.807, 2.05) is 6.92 Å². The number of aromatic nitrogens is 2. The molecule has 1 heterocycles. The van der Waals surface area contributed by atoms with Gasteiger partial charge in [0.1, 0.15) is 17.3 Å². The van der Waals surface area contributed by atoms with Crippen LogP contribution in [0.1, 0.15) is 15.9 Å². The lowest BCUT2D eigenvalue weighted by Gasteiger charge is -2.05. The summed E-state index contributed by atoms with van der Waals surface area (Å²) in [5.74, 6) is 0.0807. The third kappa shape index (κ3) is 2.97. The smallest absolute Gasteiger partial charge is 0.256 e. The molecule has 0 radical (unpaired) electrons. The molecule has 4 nitrogen and oxygen atoms in total. The van der Waals surface area contributed by atoms with Gasteiger partial charge in [-0.25, -0.2) is 9.97 Å². The van der Waals surface area contributed by atoms with Gasteiger partial charge in [-0.2, -0.15) is 0 Å². The van der Waals surface area contributed by atoms with Crippen LogP contribution in [0.3, 0.4) is 0 Å². The van der Waals surface area contributed by atoms with Crippen molar-refractivity contribution in [3.8, 4) is 0 Å². The Balaban J connectivity index is 2.19. The number of nitrogens with zero attached hydrogens (tertiary/aromatic N) is 2. The molecule has 92 valence electrons. The second kappa shape index (κ2) is 5.33. The quantitative estimate of drug-likeness (QED) is 0.859. The van der Waals surface area contributed by atoms with Crippen LogP contribution in [0.4, 0.5) is 5.82 Å². The van der Waals surface area contributed by atoms with Gasteiger partial charge in [-0.05, 0) is 30.7 Å². The zero-order valence-electron chi connectivity index (χ0n) is 9.45. The summed E-state index contributed by atoms with van der Waals surface area (Å²) in [6.45, 7) is 1.83. The predicted molar refractivity (Wildman–Crippen MR) is 71.2 cm³/mol. The maximum absolute atomic E-state index is 11.9. The Bertz CT molecular complexity index is 602. The number of carbonyl (C=O) groups is 1. The molecule has 0 saturated carbocycles. The van der Waals surface area contributed by atoms with Crippen LogP contribution in [0.2, 0.25) is 10.2 Å². The lowest BCUT2D eigenvalue weighted by atomic mass is 10.1. The first kappa shape index (κ1) is 12.8. The van der Waals surface area contributed by atoms with Gasteiger partial charge in [0.05, 0.1) is 0 Å². The minimum atomic E-state index is -0.274. The molecule has 0 unspecified atom stereocenters. The summed E-state index contributed by atoms with van der Waals surface area (Å²) in [6, 6.07) is 6.51. The molecule has 0 atom stereocenters. The molecule has 0 saturated heterocycles. The van der Waals surface area contributed by atoms with E-state index in [0.717, 1.165) is 5.56 Å². The van der Waals surface area contributed by atoms with E-state index < -0.39 is 0 Å². The minimum absolute atomic E-state index is 0.271. The molecule has 1 amide bonds. The molecule has 0 aliphatic rings. The molecule has 0 aliphatic heterocycles. The van der Waals surface area contributed by atoms with Crippen molar-refractivity contribution in [1.82, 2.24) is 9.97 Å². The van der Waals surface area contributed by atoms with Crippen molar-refractivity contribution >= 4 is 34.9 Å². The van der Waals surface area contributed by atoms with Crippen LogP contribution in [-0.2, 0) is 0 Å². The van der Waals surface area contributed by atoms with Crippen molar-refractivity contribution in [3.05, 3.63) is 51.9 Å². The van der Waals surface area contributed by atoms with Crippen LogP contribution in [-0.4, -0.2) is 15.9 Å². The molecule has 1 N–H and O–H groups in total. The Labute approximate surface area is 114 Å². The Kier molecular flexibility index (Phi) is 3.79. The summed E-state index contributed by atoms with van der Waals surface area (Å²) >= 11 is 11.6. The average Bonchev–Trinajstić information content (AvgIpc) is 2.32. The summed E-state index contributed by atoms with van der Waals surface area (Å²) in [4.78, 5) is 19.6. The Morgan fingerprint density at radius 3 is 2.67 bits per heavy atom. The fourth-order valence-corrected chi connectivity index (χ4v) is 1.64. The topological polar surface area (TPSA) is 54.9 Å². The number of amides is 1.